The molecule has 0 atom stereocenters. The Bertz CT molecular complexity index is 720. The number of nitrogens with zero attached hydrogens (tertiary/aromatic N) is 2. The molecule has 8 N–H and O–H groups in total. The molecule has 28 heavy (non-hydrogen) atoms. The number of hydroxylamine groups is 2. The third-order valence-electron chi connectivity index (χ3n) is 3.51. The van der Waals surface area contributed by atoms with Crippen molar-refractivity contribution in [2.75, 3.05) is 33.4 Å². The molecule has 1 aromatic rings. The number of hydrogen-bond donors (Lipinski definition) is 7. The van der Waals surface area contributed by atoms with E-state index in [1.807, 2.05) is 6.92 Å². The summed E-state index contributed by atoms with van der Waals surface area (Å²) in [5.41, 5.74) is 10.2. The minimum atomic E-state index is -0.355. The Labute approximate surface area is 183 Å². The minimum absolute atomic E-state index is 0.0148. The summed E-state index contributed by atoms with van der Waals surface area (Å²) >= 11 is 14.0. The summed E-state index contributed by atoms with van der Waals surface area (Å²) in [6, 6.07) is 3.51. The van der Waals surface area contributed by atoms with Crippen molar-refractivity contribution in [1.29, 1.82) is 0 Å². The van der Waals surface area contributed by atoms with Gasteiger partial charge in [0, 0.05) is 25.2 Å². The van der Waals surface area contributed by atoms with E-state index in [4.69, 9.17) is 27.9 Å². The zero-order valence-corrected chi connectivity index (χ0v) is 18.9. The Hall–Kier alpha value is -1.34. The van der Waals surface area contributed by atoms with Crippen LogP contribution in [0.4, 0.5) is 0 Å². The standard InChI is InChI=1S/C16H26BrClN6O3S/c1-3-27-15-7-12(18)10(6-11(15)17)14(9-28)22-24(20)5-4-21-13(8-25)16(19)23(2)26/h6-7,9,21-22,25-26,28H,3-5,8,19-20H2,1-2H3/b14-9-,16-13+. The predicted molar refractivity (Wildman–Crippen MR) is 117 cm³/mol. The lowest BCUT2D eigenvalue weighted by Gasteiger charge is -2.23. The number of benzene rings is 1. The number of aliphatic hydroxyl groups excluding tert-OH is 1. The monoisotopic (exact) mass is 496 g/mol. The van der Waals surface area contributed by atoms with Gasteiger partial charge >= 0.3 is 0 Å². The summed E-state index contributed by atoms with van der Waals surface area (Å²) in [5.74, 6) is 6.63. The van der Waals surface area contributed by atoms with Gasteiger partial charge in [0.15, 0.2) is 0 Å². The highest BCUT2D eigenvalue weighted by Crippen LogP contribution is 2.34. The number of nitrogens with two attached hydrogens (primary N) is 2. The number of ether oxygens (including phenoxy) is 1. The Morgan fingerprint density at radius 2 is 2.14 bits per heavy atom. The molecule has 12 heteroatoms. The molecular formula is C16H26BrClN6O3S. The maximum Gasteiger partial charge on any atom is 0.144 e. The van der Waals surface area contributed by atoms with Gasteiger partial charge in [-0.2, -0.15) is 5.12 Å². The van der Waals surface area contributed by atoms with Crippen molar-refractivity contribution < 1.29 is 15.1 Å². The minimum Gasteiger partial charge on any atom is -0.493 e. The first-order chi connectivity index (χ1) is 13.2. The Balaban J connectivity index is 2.76. The van der Waals surface area contributed by atoms with Crippen molar-refractivity contribution in [2.45, 2.75) is 6.92 Å². The summed E-state index contributed by atoms with van der Waals surface area (Å²) in [5, 5.41) is 25.6. The molecule has 0 spiro atoms. The molecule has 0 radical (unpaired) electrons. The van der Waals surface area contributed by atoms with Gasteiger partial charge in [0.1, 0.15) is 11.6 Å². The van der Waals surface area contributed by atoms with E-state index in [1.54, 1.807) is 17.5 Å². The largest absolute Gasteiger partial charge is 0.493 e. The van der Waals surface area contributed by atoms with Gasteiger partial charge in [-0.05, 0) is 34.3 Å². The second-order valence-corrected chi connectivity index (χ2v) is 7.04. The van der Waals surface area contributed by atoms with E-state index in [0.29, 0.717) is 46.8 Å². The van der Waals surface area contributed by atoms with Gasteiger partial charge in [0.2, 0.25) is 0 Å². The van der Waals surface area contributed by atoms with Crippen LogP contribution in [0.2, 0.25) is 5.02 Å². The molecule has 0 aromatic heterocycles. The van der Waals surface area contributed by atoms with Gasteiger partial charge in [0.05, 0.1) is 40.6 Å². The van der Waals surface area contributed by atoms with Crippen molar-refractivity contribution in [3.63, 3.8) is 0 Å². The average Bonchev–Trinajstić information content (AvgIpc) is 2.65. The Morgan fingerprint density at radius 3 is 2.68 bits per heavy atom. The molecule has 0 aliphatic heterocycles. The molecule has 1 rings (SSSR count). The third kappa shape index (κ3) is 7.24. The molecule has 158 valence electrons. The van der Waals surface area contributed by atoms with Crippen molar-refractivity contribution >= 4 is 45.9 Å². The second-order valence-electron chi connectivity index (χ2n) is 5.52. The quantitative estimate of drug-likeness (QED) is 0.138. The molecule has 0 amide bonds. The molecule has 0 aliphatic rings. The van der Waals surface area contributed by atoms with Crippen LogP contribution in [-0.2, 0) is 0 Å². The number of hydrazine groups is 2. The number of aliphatic hydroxyl groups is 1. The van der Waals surface area contributed by atoms with Gasteiger partial charge in [-0.3, -0.25) is 11.0 Å². The van der Waals surface area contributed by atoms with E-state index in [0.717, 1.165) is 4.47 Å². The maximum absolute atomic E-state index is 9.32. The van der Waals surface area contributed by atoms with Crippen LogP contribution in [-0.4, -0.2) is 53.8 Å². The van der Waals surface area contributed by atoms with Crippen LogP contribution in [0.5, 0.6) is 5.75 Å². The highest BCUT2D eigenvalue weighted by molar-refractivity contribution is 9.10. The van der Waals surface area contributed by atoms with Gasteiger partial charge in [-0.15, -0.1) is 12.6 Å². The second kappa shape index (κ2) is 12.3. The lowest BCUT2D eigenvalue weighted by atomic mass is 10.1. The van der Waals surface area contributed by atoms with Crippen LogP contribution in [0.1, 0.15) is 12.5 Å². The molecule has 0 fully saturated rings. The van der Waals surface area contributed by atoms with Gasteiger partial charge in [-0.1, -0.05) is 11.6 Å². The molecule has 0 unspecified atom stereocenters. The normalized spacial score (nSPS) is 12.7. The SMILES string of the molecule is CCOc1cc(Cl)c(/C(=C/S)NN(N)CCN/C(CO)=C(\N)N(C)O)cc1Br. The van der Waals surface area contributed by atoms with E-state index >= 15 is 0 Å². The number of nitrogens with one attached hydrogen (secondary N) is 2. The molecule has 0 saturated heterocycles. The van der Waals surface area contributed by atoms with Crippen LogP contribution in [0, 0.1) is 0 Å². The molecule has 0 heterocycles. The van der Waals surface area contributed by atoms with Gasteiger partial charge in [0.25, 0.3) is 0 Å². The number of thiol groups is 1. The first kappa shape index (κ1) is 24.7. The van der Waals surface area contributed by atoms with Crippen LogP contribution in [0.25, 0.3) is 5.70 Å². The third-order valence-corrected chi connectivity index (χ3v) is 4.70. The summed E-state index contributed by atoms with van der Waals surface area (Å²) in [6.45, 7) is 2.72. The number of rotatable bonds is 11. The highest BCUT2D eigenvalue weighted by atomic mass is 79.9. The maximum atomic E-state index is 9.32. The average molecular weight is 498 g/mol. The zero-order chi connectivity index (χ0) is 21.3. The van der Waals surface area contributed by atoms with Crippen molar-refractivity contribution in [3.05, 3.63) is 44.1 Å². The fourth-order valence-corrected chi connectivity index (χ4v) is 3.03. The highest BCUT2D eigenvalue weighted by Gasteiger charge is 2.13. The molecule has 9 nitrogen and oxygen atoms in total. The molecular weight excluding hydrogens is 472 g/mol. The smallest absolute Gasteiger partial charge is 0.144 e. The fourth-order valence-electron chi connectivity index (χ4n) is 2.12. The van der Waals surface area contributed by atoms with Crippen LogP contribution in [0.15, 0.2) is 33.5 Å². The summed E-state index contributed by atoms with van der Waals surface area (Å²) < 4.78 is 6.24. The molecule has 1 aromatic carbocycles. The number of halogens is 2. The summed E-state index contributed by atoms with van der Waals surface area (Å²) in [6.07, 6.45) is 0. The first-order valence-corrected chi connectivity index (χ1v) is 9.95. The Kier molecular flexibility index (Phi) is 10.8. The van der Waals surface area contributed by atoms with E-state index in [-0.39, 0.29) is 18.1 Å². The van der Waals surface area contributed by atoms with E-state index in [2.05, 4.69) is 39.3 Å². The summed E-state index contributed by atoms with van der Waals surface area (Å²) in [4.78, 5) is 0. The lowest BCUT2D eigenvalue weighted by Crippen LogP contribution is -2.46. The topological polar surface area (TPSA) is 132 Å². The van der Waals surface area contributed by atoms with Crippen LogP contribution < -0.4 is 27.1 Å². The van der Waals surface area contributed by atoms with Crippen molar-refractivity contribution in [3.8, 4) is 5.75 Å². The predicted octanol–water partition coefficient (Wildman–Crippen LogP) is 1.44. The van der Waals surface area contributed by atoms with Crippen molar-refractivity contribution in [1.82, 2.24) is 20.9 Å². The molecule has 0 bridgehead atoms. The van der Waals surface area contributed by atoms with Crippen LogP contribution in [0.3, 0.4) is 0 Å². The zero-order valence-electron chi connectivity index (χ0n) is 15.6. The number of hydrogen-bond acceptors (Lipinski definition) is 10. The van der Waals surface area contributed by atoms with Crippen LogP contribution >= 0.6 is 40.2 Å². The fraction of sp³-hybridized carbons (Fsp3) is 0.375. The van der Waals surface area contributed by atoms with E-state index in [9.17, 15) is 10.3 Å². The first-order valence-electron chi connectivity index (χ1n) is 8.26. The Morgan fingerprint density at radius 1 is 1.46 bits per heavy atom. The lowest BCUT2D eigenvalue weighted by molar-refractivity contribution is -0.0320. The van der Waals surface area contributed by atoms with Gasteiger partial charge < -0.3 is 26.3 Å². The van der Waals surface area contributed by atoms with Gasteiger partial charge in [-0.25, -0.2) is 5.06 Å². The van der Waals surface area contributed by atoms with Crippen molar-refractivity contribution in [2.24, 2.45) is 11.6 Å². The summed E-state index contributed by atoms with van der Waals surface area (Å²) in [7, 11) is 1.35. The van der Waals surface area contributed by atoms with E-state index < -0.39 is 0 Å². The molecule has 0 aliphatic carbocycles. The molecule has 0 saturated carbocycles. The van der Waals surface area contributed by atoms with E-state index in [1.165, 1.54) is 12.2 Å².